The summed E-state index contributed by atoms with van der Waals surface area (Å²) in [7, 11) is 0. The van der Waals surface area contributed by atoms with Crippen molar-refractivity contribution in [3.63, 3.8) is 0 Å². The molecule has 108 valence electrons. The van der Waals surface area contributed by atoms with E-state index in [1.54, 1.807) is 0 Å². The minimum absolute atomic E-state index is 0.0715. The van der Waals surface area contributed by atoms with Gasteiger partial charge in [-0.25, -0.2) is 4.79 Å². The normalized spacial score (nSPS) is 34.6. The number of aliphatic hydroxyl groups is 2. The molecule has 20 heavy (non-hydrogen) atoms. The molecule has 0 bridgehead atoms. The van der Waals surface area contributed by atoms with E-state index in [1.165, 1.54) is 6.92 Å². The summed E-state index contributed by atoms with van der Waals surface area (Å²) in [4.78, 5) is 13.5. The van der Waals surface area contributed by atoms with Crippen LogP contribution in [0.5, 0.6) is 0 Å². The average molecular weight is 301 g/mol. The fraction of sp³-hybridized carbons (Fsp3) is 0.545. The number of aromatic nitrogens is 3. The van der Waals surface area contributed by atoms with Crippen molar-refractivity contribution in [1.29, 1.82) is 0 Å². The molecule has 0 radical (unpaired) electrons. The molecule has 1 unspecified atom stereocenters. The van der Waals surface area contributed by atoms with Crippen molar-refractivity contribution in [2.24, 2.45) is 0 Å². The zero-order valence-electron chi connectivity index (χ0n) is 10.5. The van der Waals surface area contributed by atoms with Crippen LogP contribution in [0.1, 0.15) is 13.2 Å². The number of nitrogens with two attached hydrogens (primary N) is 1. The van der Waals surface area contributed by atoms with Gasteiger partial charge in [0.2, 0.25) is 0 Å². The second-order valence-electron chi connectivity index (χ2n) is 4.46. The predicted octanol–water partition coefficient (Wildman–Crippen LogP) is -1.53. The highest BCUT2D eigenvalue weighted by atomic mass is 35.5. The lowest BCUT2D eigenvalue weighted by Crippen LogP contribution is -2.45. The molecular weight excluding hydrogens is 288 g/mol. The number of hydrogen-bond donors (Lipinski definition) is 3. The Morgan fingerprint density at radius 2 is 2.40 bits per heavy atom. The van der Waals surface area contributed by atoms with Gasteiger partial charge >= 0.3 is 5.69 Å². The highest BCUT2D eigenvalue weighted by Gasteiger charge is 2.57. The Labute approximate surface area is 119 Å². The number of anilines is 1. The maximum Gasteiger partial charge on any atom is 0.368 e. The van der Waals surface area contributed by atoms with Gasteiger partial charge < -0.3 is 20.7 Å². The van der Waals surface area contributed by atoms with Gasteiger partial charge in [-0.1, -0.05) is 17.5 Å². The van der Waals surface area contributed by atoms with Gasteiger partial charge in [-0.2, -0.15) is 14.8 Å². The Kier molecular flexibility index (Phi) is 3.71. The lowest BCUT2D eigenvalue weighted by atomic mass is 9.97. The number of halogens is 1. The number of aliphatic hydroxyl groups excluding tert-OH is 2. The summed E-state index contributed by atoms with van der Waals surface area (Å²) in [5.41, 5.74) is 4.51. The van der Waals surface area contributed by atoms with Gasteiger partial charge in [0.05, 0.1) is 12.3 Å². The molecule has 1 fully saturated rings. The van der Waals surface area contributed by atoms with Crippen LogP contribution in [0.3, 0.4) is 0 Å². The summed E-state index contributed by atoms with van der Waals surface area (Å²) in [6.45, 7) is 1.40. The van der Waals surface area contributed by atoms with Crippen LogP contribution in [0.25, 0.3) is 0 Å². The first-order chi connectivity index (χ1) is 9.31. The monoisotopic (exact) mass is 300 g/mol. The predicted molar refractivity (Wildman–Crippen MR) is 69.7 cm³/mol. The maximum atomic E-state index is 11.8. The highest BCUT2D eigenvalue weighted by molar-refractivity contribution is 6.27. The fourth-order valence-electron chi connectivity index (χ4n) is 2.00. The number of nitrogens with zero attached hydrogens (tertiary/aromatic N) is 3. The molecular formula is C11H13ClN4O4. The molecule has 2 rings (SSSR count). The topological polar surface area (TPSA) is 123 Å². The van der Waals surface area contributed by atoms with E-state index in [2.05, 4.69) is 16.0 Å². The minimum Gasteiger partial charge on any atom is -0.391 e. The van der Waals surface area contributed by atoms with Gasteiger partial charge in [-0.3, -0.25) is 0 Å². The lowest BCUT2D eigenvalue weighted by molar-refractivity contribution is -0.0809. The van der Waals surface area contributed by atoms with E-state index in [-0.39, 0.29) is 5.82 Å². The Bertz CT molecular complexity index is 613. The number of nitrogen functional groups attached to an aromatic ring is 1. The fourth-order valence-corrected chi connectivity index (χ4v) is 2.27. The van der Waals surface area contributed by atoms with E-state index in [4.69, 9.17) is 28.5 Å². The van der Waals surface area contributed by atoms with Crippen LogP contribution in [0.4, 0.5) is 5.82 Å². The SMILES string of the molecule is C#CC1(Cl)[C@@H](O)[C@@H]([C@@H](C)O)O[C@H]1n1ncc(N)nc1=O. The van der Waals surface area contributed by atoms with Crippen LogP contribution >= 0.6 is 11.6 Å². The van der Waals surface area contributed by atoms with Crippen LogP contribution < -0.4 is 11.4 Å². The van der Waals surface area contributed by atoms with Gasteiger partial charge in [0.15, 0.2) is 11.1 Å². The third-order valence-electron chi connectivity index (χ3n) is 3.04. The molecule has 0 aliphatic carbocycles. The summed E-state index contributed by atoms with van der Waals surface area (Å²) in [6.07, 6.45) is 1.71. The van der Waals surface area contributed by atoms with Crippen molar-refractivity contribution in [2.45, 2.75) is 36.3 Å². The first kappa shape index (κ1) is 14.7. The second-order valence-corrected chi connectivity index (χ2v) is 5.08. The van der Waals surface area contributed by atoms with Crippen molar-refractivity contribution in [3.8, 4) is 12.3 Å². The van der Waals surface area contributed by atoms with Crippen LogP contribution in [0.15, 0.2) is 11.0 Å². The van der Waals surface area contributed by atoms with E-state index in [0.717, 1.165) is 10.9 Å². The number of hydrogen-bond acceptors (Lipinski definition) is 7. The molecule has 1 saturated heterocycles. The number of terminal acetylenes is 1. The number of alkyl halides is 1. The molecule has 8 nitrogen and oxygen atoms in total. The summed E-state index contributed by atoms with van der Waals surface area (Å²) >= 11 is 6.18. The van der Waals surface area contributed by atoms with Gasteiger partial charge in [0.25, 0.3) is 0 Å². The lowest BCUT2D eigenvalue weighted by Gasteiger charge is -2.24. The van der Waals surface area contributed by atoms with E-state index in [1.807, 2.05) is 0 Å². The Hall–Kier alpha value is -1.66. The van der Waals surface area contributed by atoms with Crippen molar-refractivity contribution in [1.82, 2.24) is 14.8 Å². The van der Waals surface area contributed by atoms with Crippen molar-refractivity contribution in [3.05, 3.63) is 16.7 Å². The largest absolute Gasteiger partial charge is 0.391 e. The summed E-state index contributed by atoms with van der Waals surface area (Å²) in [5, 5.41) is 23.4. The molecule has 9 heteroatoms. The number of ether oxygens (including phenoxy) is 1. The second kappa shape index (κ2) is 5.03. The zero-order valence-corrected chi connectivity index (χ0v) is 11.2. The van der Waals surface area contributed by atoms with E-state index < -0.39 is 35.1 Å². The van der Waals surface area contributed by atoms with E-state index in [9.17, 15) is 15.0 Å². The van der Waals surface area contributed by atoms with Gasteiger partial charge in [-0.15, -0.1) is 6.42 Å². The Morgan fingerprint density at radius 1 is 1.75 bits per heavy atom. The van der Waals surface area contributed by atoms with E-state index >= 15 is 0 Å². The maximum absolute atomic E-state index is 11.8. The van der Waals surface area contributed by atoms with Crippen LogP contribution in [-0.4, -0.2) is 48.2 Å². The average Bonchev–Trinajstić information content (AvgIpc) is 2.64. The molecule has 0 amide bonds. The first-order valence-electron chi connectivity index (χ1n) is 5.71. The molecule has 0 saturated carbocycles. The standard InChI is InChI=1S/C11H13ClN4O4/c1-3-11(12)8(18)7(5(2)17)20-9(11)16-10(19)15-6(13)4-14-16/h1,4-5,7-9,17-18H,2H3,(H2,13,15,19)/t5-,7-,8+,9-,11?/m1/s1. The highest BCUT2D eigenvalue weighted by Crippen LogP contribution is 2.43. The number of rotatable bonds is 2. The van der Waals surface area contributed by atoms with Gasteiger partial charge in [0.1, 0.15) is 18.0 Å². The summed E-state index contributed by atoms with van der Waals surface area (Å²) < 4.78 is 6.18. The van der Waals surface area contributed by atoms with Crippen LogP contribution in [0, 0.1) is 12.3 Å². The van der Waals surface area contributed by atoms with Gasteiger partial charge in [-0.05, 0) is 6.92 Å². The third-order valence-corrected chi connectivity index (χ3v) is 3.56. The van der Waals surface area contributed by atoms with Crippen molar-refractivity contribution in [2.75, 3.05) is 5.73 Å². The molecule has 2 heterocycles. The molecule has 1 aliphatic rings. The molecule has 1 aromatic rings. The first-order valence-corrected chi connectivity index (χ1v) is 6.08. The molecule has 0 spiro atoms. The Balaban J connectivity index is 2.50. The molecule has 1 aliphatic heterocycles. The van der Waals surface area contributed by atoms with Crippen molar-refractivity contribution < 1.29 is 14.9 Å². The van der Waals surface area contributed by atoms with Crippen LogP contribution in [-0.2, 0) is 4.74 Å². The molecule has 4 N–H and O–H groups in total. The Morgan fingerprint density at radius 3 is 2.90 bits per heavy atom. The van der Waals surface area contributed by atoms with Crippen LogP contribution in [0.2, 0.25) is 0 Å². The quantitative estimate of drug-likeness (QED) is 0.447. The molecule has 0 aromatic carbocycles. The van der Waals surface area contributed by atoms with Crippen molar-refractivity contribution >= 4 is 17.4 Å². The van der Waals surface area contributed by atoms with Gasteiger partial charge in [0, 0.05) is 0 Å². The third kappa shape index (κ3) is 2.14. The smallest absolute Gasteiger partial charge is 0.368 e. The summed E-state index contributed by atoms with van der Waals surface area (Å²) in [5.74, 6) is 2.11. The summed E-state index contributed by atoms with van der Waals surface area (Å²) in [6, 6.07) is 0. The molecule has 1 aromatic heterocycles. The van der Waals surface area contributed by atoms with E-state index in [0.29, 0.717) is 0 Å². The zero-order chi connectivity index (χ0) is 15.1. The molecule has 5 atom stereocenters. The minimum atomic E-state index is -1.75.